The van der Waals surface area contributed by atoms with E-state index in [0.29, 0.717) is 10.6 Å². The maximum Gasteiger partial charge on any atom is 0.215 e. The van der Waals surface area contributed by atoms with Gasteiger partial charge >= 0.3 is 0 Å². The van der Waals surface area contributed by atoms with Crippen LogP contribution in [0.15, 0.2) is 24.3 Å². The van der Waals surface area contributed by atoms with E-state index in [-0.39, 0.29) is 0 Å². The zero-order chi connectivity index (χ0) is 13.7. The van der Waals surface area contributed by atoms with Crippen molar-refractivity contribution in [2.24, 2.45) is 0 Å². The predicted molar refractivity (Wildman–Crippen MR) is 80.3 cm³/mol. The van der Waals surface area contributed by atoms with Crippen LogP contribution in [0.5, 0.6) is 0 Å². The van der Waals surface area contributed by atoms with Gasteiger partial charge in [-0.2, -0.15) is 10.1 Å². The van der Waals surface area contributed by atoms with E-state index in [0.717, 1.165) is 17.8 Å². The van der Waals surface area contributed by atoms with Crippen molar-refractivity contribution in [3.63, 3.8) is 0 Å². The Morgan fingerprint density at radius 3 is 2.68 bits per heavy atom. The number of unbranched alkanes of at least 4 members (excludes halogenated alkanes) is 1. The van der Waals surface area contributed by atoms with E-state index in [4.69, 9.17) is 12.2 Å². The maximum atomic E-state index is 4.97. The van der Waals surface area contributed by atoms with Gasteiger partial charge in [0.15, 0.2) is 5.82 Å². The molecule has 2 rings (SSSR count). The number of aromatic nitrogens is 3. The molecule has 2 aromatic rings. The number of H-pyrrole nitrogens is 1. The Morgan fingerprint density at radius 1 is 1.26 bits per heavy atom. The molecular formula is C14H18N4S. The molecule has 1 aromatic heterocycles. The molecule has 100 valence electrons. The minimum absolute atomic E-state index is 0.382. The van der Waals surface area contributed by atoms with Crippen molar-refractivity contribution in [2.75, 3.05) is 5.32 Å². The minimum Gasteiger partial charge on any atom is -0.339 e. The lowest BCUT2D eigenvalue weighted by Crippen LogP contribution is -2.01. The van der Waals surface area contributed by atoms with E-state index in [1.165, 1.54) is 18.4 Å². The zero-order valence-corrected chi connectivity index (χ0v) is 12.0. The molecule has 5 heteroatoms. The molecule has 0 amide bonds. The van der Waals surface area contributed by atoms with Crippen LogP contribution in [-0.2, 0) is 6.42 Å². The van der Waals surface area contributed by atoms with Crippen LogP contribution in [0.4, 0.5) is 11.5 Å². The summed E-state index contributed by atoms with van der Waals surface area (Å²) >= 11 is 4.97. The third kappa shape index (κ3) is 3.86. The SMILES string of the molecule is CCCCc1ccc(Nc2nc(=S)[nH]nc2C)cc1. The van der Waals surface area contributed by atoms with Crippen molar-refractivity contribution >= 4 is 23.7 Å². The van der Waals surface area contributed by atoms with Crippen molar-refractivity contribution in [2.45, 2.75) is 33.1 Å². The number of aryl methyl sites for hydroxylation is 2. The molecule has 0 saturated carbocycles. The Morgan fingerprint density at radius 2 is 2.00 bits per heavy atom. The number of anilines is 2. The molecule has 1 heterocycles. The molecule has 0 fully saturated rings. The van der Waals surface area contributed by atoms with Crippen molar-refractivity contribution in [1.29, 1.82) is 0 Å². The van der Waals surface area contributed by atoms with Crippen LogP contribution in [0.3, 0.4) is 0 Å². The number of hydrogen-bond donors (Lipinski definition) is 2. The highest BCUT2D eigenvalue weighted by atomic mass is 32.1. The van der Waals surface area contributed by atoms with Gasteiger partial charge in [0.05, 0.1) is 0 Å². The van der Waals surface area contributed by atoms with Crippen LogP contribution in [0.2, 0.25) is 0 Å². The van der Waals surface area contributed by atoms with E-state index in [1.807, 2.05) is 6.92 Å². The topological polar surface area (TPSA) is 53.6 Å². The molecule has 0 aliphatic heterocycles. The van der Waals surface area contributed by atoms with Gasteiger partial charge in [0.2, 0.25) is 4.77 Å². The average molecular weight is 274 g/mol. The third-order valence-corrected chi connectivity index (χ3v) is 3.09. The Balaban J connectivity index is 2.10. The van der Waals surface area contributed by atoms with Gasteiger partial charge < -0.3 is 5.32 Å². The molecular weight excluding hydrogens is 256 g/mol. The van der Waals surface area contributed by atoms with Crippen LogP contribution in [0.25, 0.3) is 0 Å². The molecule has 1 aromatic carbocycles. The fourth-order valence-corrected chi connectivity index (χ4v) is 1.92. The fourth-order valence-electron chi connectivity index (χ4n) is 1.78. The molecule has 0 aliphatic rings. The van der Waals surface area contributed by atoms with Crippen LogP contribution in [0, 0.1) is 11.7 Å². The summed E-state index contributed by atoms with van der Waals surface area (Å²) in [7, 11) is 0. The lowest BCUT2D eigenvalue weighted by molar-refractivity contribution is 0.795. The number of nitrogens with zero attached hydrogens (tertiary/aromatic N) is 2. The first-order valence-corrected chi connectivity index (χ1v) is 6.89. The standard InChI is InChI=1S/C14H18N4S/c1-3-4-5-11-6-8-12(9-7-11)15-13-10(2)17-18-14(19)16-13/h6-9H,3-5H2,1-2H3,(H2,15,16,18,19). The molecule has 19 heavy (non-hydrogen) atoms. The van der Waals surface area contributed by atoms with Crippen molar-refractivity contribution in [3.05, 3.63) is 40.3 Å². The van der Waals surface area contributed by atoms with Crippen molar-refractivity contribution in [3.8, 4) is 0 Å². The summed E-state index contributed by atoms with van der Waals surface area (Å²) in [5.41, 5.74) is 3.16. The number of rotatable bonds is 5. The number of nitrogens with one attached hydrogen (secondary N) is 2. The van der Waals surface area contributed by atoms with Gasteiger partial charge in [-0.15, -0.1) is 0 Å². The zero-order valence-electron chi connectivity index (χ0n) is 11.2. The Bertz CT molecular complexity index is 589. The molecule has 0 bridgehead atoms. The molecule has 0 unspecified atom stereocenters. The van der Waals surface area contributed by atoms with Gasteiger partial charge in [0.1, 0.15) is 5.69 Å². The van der Waals surface area contributed by atoms with Gasteiger partial charge in [-0.1, -0.05) is 25.5 Å². The summed E-state index contributed by atoms with van der Waals surface area (Å²) in [5, 5.41) is 9.99. The van der Waals surface area contributed by atoms with Gasteiger partial charge in [0, 0.05) is 5.69 Å². The third-order valence-electron chi connectivity index (χ3n) is 2.91. The first kappa shape index (κ1) is 13.7. The van der Waals surface area contributed by atoms with Gasteiger partial charge in [-0.05, 0) is 49.7 Å². The maximum absolute atomic E-state index is 4.97. The summed E-state index contributed by atoms with van der Waals surface area (Å²) in [6.07, 6.45) is 3.58. The monoisotopic (exact) mass is 274 g/mol. The molecule has 4 nitrogen and oxygen atoms in total. The highest BCUT2D eigenvalue weighted by Gasteiger charge is 2.02. The van der Waals surface area contributed by atoms with E-state index in [2.05, 4.69) is 51.7 Å². The lowest BCUT2D eigenvalue weighted by Gasteiger charge is -2.08. The van der Waals surface area contributed by atoms with E-state index in [1.54, 1.807) is 0 Å². The van der Waals surface area contributed by atoms with Crippen LogP contribution < -0.4 is 5.32 Å². The Labute approximate surface area is 118 Å². The minimum atomic E-state index is 0.382. The molecule has 0 radical (unpaired) electrons. The lowest BCUT2D eigenvalue weighted by atomic mass is 10.1. The Kier molecular flexibility index (Phi) is 4.63. The Hall–Kier alpha value is -1.75. The predicted octanol–water partition coefficient (Wildman–Crippen LogP) is 3.93. The quantitative estimate of drug-likeness (QED) is 0.811. The van der Waals surface area contributed by atoms with E-state index < -0.39 is 0 Å². The highest BCUT2D eigenvalue weighted by Crippen LogP contribution is 2.17. The summed E-state index contributed by atoms with van der Waals surface area (Å²) in [4.78, 5) is 4.23. The van der Waals surface area contributed by atoms with Gasteiger partial charge in [-0.3, -0.25) is 5.10 Å². The smallest absolute Gasteiger partial charge is 0.215 e. The summed E-state index contributed by atoms with van der Waals surface area (Å²) < 4.78 is 0.382. The van der Waals surface area contributed by atoms with Crippen LogP contribution >= 0.6 is 12.2 Å². The number of benzene rings is 1. The second-order valence-corrected chi connectivity index (χ2v) is 4.89. The van der Waals surface area contributed by atoms with Crippen LogP contribution in [0.1, 0.15) is 31.0 Å². The second-order valence-electron chi connectivity index (χ2n) is 4.50. The van der Waals surface area contributed by atoms with Gasteiger partial charge in [0.25, 0.3) is 0 Å². The summed E-state index contributed by atoms with van der Waals surface area (Å²) in [6.45, 7) is 4.09. The molecule has 0 spiro atoms. The highest BCUT2D eigenvalue weighted by molar-refractivity contribution is 7.71. The first-order valence-electron chi connectivity index (χ1n) is 6.48. The molecule has 0 atom stereocenters. The first-order chi connectivity index (χ1) is 9.19. The van der Waals surface area contributed by atoms with E-state index in [9.17, 15) is 0 Å². The van der Waals surface area contributed by atoms with E-state index >= 15 is 0 Å². The molecule has 0 aliphatic carbocycles. The molecule has 0 saturated heterocycles. The summed E-state index contributed by atoms with van der Waals surface area (Å²) in [6, 6.07) is 8.41. The summed E-state index contributed by atoms with van der Waals surface area (Å²) in [5.74, 6) is 0.699. The number of hydrogen-bond acceptors (Lipinski definition) is 4. The second kappa shape index (κ2) is 6.43. The van der Waals surface area contributed by atoms with Crippen LogP contribution in [-0.4, -0.2) is 15.2 Å². The average Bonchev–Trinajstić information content (AvgIpc) is 2.42. The van der Waals surface area contributed by atoms with Gasteiger partial charge in [-0.25, -0.2) is 0 Å². The molecule has 2 N–H and O–H groups in total. The van der Waals surface area contributed by atoms with Crippen molar-refractivity contribution in [1.82, 2.24) is 15.2 Å². The number of aromatic amines is 1. The largest absolute Gasteiger partial charge is 0.339 e. The fraction of sp³-hybridized carbons (Fsp3) is 0.357. The van der Waals surface area contributed by atoms with Crippen molar-refractivity contribution < 1.29 is 0 Å². The normalized spacial score (nSPS) is 10.4.